The summed E-state index contributed by atoms with van der Waals surface area (Å²) in [6.45, 7) is -4.79. The van der Waals surface area contributed by atoms with E-state index in [4.69, 9.17) is 4.74 Å². The van der Waals surface area contributed by atoms with Gasteiger partial charge in [-0.1, -0.05) is 0 Å². The van der Waals surface area contributed by atoms with Crippen LogP contribution in [0.25, 0.3) is 11.3 Å². The zero-order valence-electron chi connectivity index (χ0n) is 14.2. The van der Waals surface area contributed by atoms with Crippen LogP contribution in [0.4, 0.5) is 26.3 Å². The molecule has 0 aliphatic carbocycles. The Kier molecular flexibility index (Phi) is 5.05. The second-order valence-electron chi connectivity index (χ2n) is 6.59. The van der Waals surface area contributed by atoms with Gasteiger partial charge in [0.15, 0.2) is 0 Å². The van der Waals surface area contributed by atoms with Gasteiger partial charge in [-0.05, 0) is 30.3 Å². The number of aromatic nitrogens is 1. The number of aliphatic hydroxyl groups is 2. The van der Waals surface area contributed by atoms with Gasteiger partial charge in [-0.2, -0.15) is 13.2 Å². The molecule has 3 rings (SSSR count). The minimum Gasteiger partial charge on any atom is -0.490 e. The van der Waals surface area contributed by atoms with Gasteiger partial charge in [0.25, 0.3) is 0 Å². The summed E-state index contributed by atoms with van der Waals surface area (Å²) < 4.78 is 86.1. The maximum Gasteiger partial charge on any atom is 0.425 e. The molecule has 0 spiro atoms. The highest BCUT2D eigenvalue weighted by atomic mass is 19.4. The molecule has 10 heteroatoms. The van der Waals surface area contributed by atoms with Crippen LogP contribution in [0.1, 0.15) is 11.3 Å². The first-order valence-corrected chi connectivity index (χ1v) is 8.08. The second-order valence-corrected chi connectivity index (χ2v) is 6.59. The average molecular weight is 407 g/mol. The molecule has 4 nitrogen and oxygen atoms in total. The van der Waals surface area contributed by atoms with E-state index in [1.165, 1.54) is 12.1 Å². The number of halogens is 6. The highest BCUT2D eigenvalue weighted by molar-refractivity contribution is 5.71. The summed E-state index contributed by atoms with van der Waals surface area (Å²) in [7, 11) is 0. The Morgan fingerprint density at radius 2 is 1.71 bits per heavy atom. The number of ether oxygens (including phenoxy) is 1. The maximum atomic E-state index is 13.6. The van der Waals surface area contributed by atoms with Crippen LogP contribution in [0.2, 0.25) is 0 Å². The van der Waals surface area contributed by atoms with E-state index in [1.807, 2.05) is 0 Å². The Morgan fingerprint density at radius 1 is 1.11 bits per heavy atom. The number of nitrogens with zero attached hydrogens (tertiary/aromatic N) is 1. The number of hydrogen-bond acceptors (Lipinski definition) is 4. The molecule has 0 radical (unpaired) electrons. The lowest BCUT2D eigenvalue weighted by molar-refractivity contribution is -0.279. The first kappa shape index (κ1) is 20.4. The molecule has 2 heterocycles. The molecule has 1 aliphatic heterocycles. The van der Waals surface area contributed by atoms with Crippen molar-refractivity contribution in [2.24, 2.45) is 0 Å². The van der Waals surface area contributed by atoms with Crippen molar-refractivity contribution >= 4 is 0 Å². The number of rotatable bonds is 5. The highest BCUT2D eigenvalue weighted by Gasteiger charge is 2.57. The molecule has 1 aliphatic rings. The van der Waals surface area contributed by atoms with Gasteiger partial charge in [-0.3, -0.25) is 0 Å². The van der Waals surface area contributed by atoms with Gasteiger partial charge in [0.2, 0.25) is 5.60 Å². The predicted octanol–water partition coefficient (Wildman–Crippen LogP) is 3.20. The Labute approximate surface area is 155 Å². The summed E-state index contributed by atoms with van der Waals surface area (Å²) in [5, 5.41) is 19.3. The van der Waals surface area contributed by atoms with Crippen molar-refractivity contribution in [1.29, 1.82) is 0 Å². The van der Waals surface area contributed by atoms with Gasteiger partial charge in [0.1, 0.15) is 37.2 Å². The second kappa shape index (κ2) is 6.93. The molecule has 0 unspecified atom stereocenters. The number of hydrogen-bond donors (Lipinski definition) is 2. The van der Waals surface area contributed by atoms with E-state index in [2.05, 4.69) is 4.98 Å². The van der Waals surface area contributed by atoms with E-state index < -0.39 is 55.3 Å². The minimum absolute atomic E-state index is 0.107. The Morgan fingerprint density at radius 3 is 2.21 bits per heavy atom. The quantitative estimate of drug-likeness (QED) is 0.748. The lowest BCUT2D eigenvalue weighted by Crippen LogP contribution is -2.46. The number of aliphatic hydroxyl groups excluding tert-OH is 1. The first-order chi connectivity index (χ1) is 13.1. The molecular weight excluding hydrogens is 392 g/mol. The largest absolute Gasteiger partial charge is 0.490 e. The smallest absolute Gasteiger partial charge is 0.425 e. The summed E-state index contributed by atoms with van der Waals surface area (Å²) in [5.74, 6) is -0.783. The fraction of sp³-hybridized carbons (Fsp3) is 0.389. The zero-order valence-corrected chi connectivity index (χ0v) is 14.2. The molecule has 2 aromatic rings. The van der Waals surface area contributed by atoms with Crippen LogP contribution in [0.3, 0.4) is 0 Å². The van der Waals surface area contributed by atoms with Crippen molar-refractivity contribution in [3.8, 4) is 17.0 Å². The van der Waals surface area contributed by atoms with Crippen LogP contribution >= 0.6 is 0 Å². The first-order valence-electron chi connectivity index (χ1n) is 8.08. The minimum atomic E-state index is -5.32. The molecule has 2 N–H and O–H groups in total. The van der Waals surface area contributed by atoms with Gasteiger partial charge >= 0.3 is 6.18 Å². The van der Waals surface area contributed by atoms with Crippen molar-refractivity contribution < 1.29 is 41.3 Å². The fourth-order valence-corrected chi connectivity index (χ4v) is 2.95. The molecule has 0 saturated heterocycles. The van der Waals surface area contributed by atoms with Crippen LogP contribution in [-0.2, 0) is 11.0 Å². The Hall–Kier alpha value is -2.33. The summed E-state index contributed by atoms with van der Waals surface area (Å²) in [4.78, 5) is 3.77. The van der Waals surface area contributed by atoms with E-state index in [1.54, 1.807) is 0 Å². The number of alkyl halides is 5. The summed E-state index contributed by atoms with van der Waals surface area (Å²) >= 11 is 0. The molecule has 0 fully saturated rings. The summed E-state index contributed by atoms with van der Waals surface area (Å²) in [6.07, 6.45) is -5.32. The molecule has 1 aromatic heterocycles. The van der Waals surface area contributed by atoms with Gasteiger partial charge in [-0.15, -0.1) is 0 Å². The normalized spacial score (nSPS) is 17.7. The molecular formula is C18H15F6NO3. The van der Waals surface area contributed by atoms with Gasteiger partial charge in [0.05, 0.1) is 17.7 Å². The van der Waals surface area contributed by atoms with E-state index in [9.17, 15) is 36.6 Å². The molecule has 152 valence electrons. The van der Waals surface area contributed by atoms with Crippen molar-refractivity contribution in [3.05, 3.63) is 47.4 Å². The average Bonchev–Trinajstić information content (AvgIpc) is 3.05. The fourth-order valence-electron chi connectivity index (χ4n) is 2.95. The number of benzene rings is 1. The van der Waals surface area contributed by atoms with Crippen molar-refractivity contribution in [1.82, 2.24) is 4.98 Å². The maximum absolute atomic E-state index is 13.6. The lowest BCUT2D eigenvalue weighted by Gasteiger charge is -2.29. The predicted molar refractivity (Wildman–Crippen MR) is 85.8 cm³/mol. The SMILES string of the molecule is OC[C@](O)(c1cc2c(c(-c3ccc(F)cc3)n1)OCC2(CF)CF)C(F)(F)F. The van der Waals surface area contributed by atoms with E-state index >= 15 is 0 Å². The number of pyridine rings is 1. The standard InChI is InChI=1S/C18H15F6NO3/c19-6-16(7-20)9-28-15-12(16)5-13(17(27,8-26)18(22,23)24)25-14(15)10-1-3-11(21)4-2-10/h1-5,26-27H,6-9H2/t17-/m0/s1. The third-order valence-corrected chi connectivity index (χ3v) is 4.79. The van der Waals surface area contributed by atoms with Gasteiger partial charge in [0, 0.05) is 11.1 Å². The Balaban J connectivity index is 2.32. The molecule has 28 heavy (non-hydrogen) atoms. The van der Waals surface area contributed by atoms with Gasteiger partial charge < -0.3 is 14.9 Å². The highest BCUT2D eigenvalue weighted by Crippen LogP contribution is 2.48. The lowest BCUT2D eigenvalue weighted by atomic mass is 9.83. The molecule has 1 aromatic carbocycles. The zero-order chi connectivity index (χ0) is 20.7. The summed E-state index contributed by atoms with van der Waals surface area (Å²) in [5.41, 5.74) is -7.08. The summed E-state index contributed by atoms with van der Waals surface area (Å²) in [6, 6.07) is 5.12. The molecule has 0 amide bonds. The molecule has 1 atom stereocenters. The van der Waals surface area contributed by atoms with E-state index in [-0.39, 0.29) is 22.6 Å². The van der Waals surface area contributed by atoms with Gasteiger partial charge in [-0.25, -0.2) is 18.2 Å². The van der Waals surface area contributed by atoms with Crippen molar-refractivity contribution in [2.45, 2.75) is 17.2 Å². The van der Waals surface area contributed by atoms with Crippen LogP contribution in [0.5, 0.6) is 5.75 Å². The molecule has 0 bridgehead atoms. The topological polar surface area (TPSA) is 62.6 Å². The van der Waals surface area contributed by atoms with Crippen LogP contribution in [0.15, 0.2) is 30.3 Å². The van der Waals surface area contributed by atoms with E-state index in [0.717, 1.165) is 12.1 Å². The van der Waals surface area contributed by atoms with Crippen LogP contribution in [0, 0.1) is 5.82 Å². The van der Waals surface area contributed by atoms with Crippen LogP contribution < -0.4 is 4.74 Å². The van der Waals surface area contributed by atoms with Crippen molar-refractivity contribution in [3.63, 3.8) is 0 Å². The van der Waals surface area contributed by atoms with Crippen LogP contribution in [-0.4, -0.2) is 47.9 Å². The van der Waals surface area contributed by atoms with Crippen molar-refractivity contribution in [2.75, 3.05) is 26.6 Å². The third kappa shape index (κ3) is 3.00. The molecule has 0 saturated carbocycles. The monoisotopic (exact) mass is 407 g/mol. The Bertz CT molecular complexity index is 867. The number of fused-ring (bicyclic) bond motifs is 1. The van der Waals surface area contributed by atoms with E-state index in [0.29, 0.717) is 6.07 Å². The third-order valence-electron chi connectivity index (χ3n) is 4.79.